The van der Waals surface area contributed by atoms with E-state index in [1.165, 1.54) is 13.2 Å². The van der Waals surface area contributed by atoms with Crippen LogP contribution >= 0.6 is 0 Å². The molecule has 7 nitrogen and oxygen atoms in total. The van der Waals surface area contributed by atoms with E-state index in [0.717, 1.165) is 6.54 Å². The monoisotopic (exact) mass is 292 g/mol. The molecule has 0 aromatic heterocycles. The summed E-state index contributed by atoms with van der Waals surface area (Å²) in [7, 11) is 1.30. The van der Waals surface area contributed by atoms with Gasteiger partial charge in [-0.3, -0.25) is 9.59 Å². The number of piperazine rings is 1. The minimum absolute atomic E-state index is 0.0916. The minimum Gasteiger partial charge on any atom is -0.465 e. The van der Waals surface area contributed by atoms with E-state index in [2.05, 4.69) is 15.4 Å². The summed E-state index contributed by atoms with van der Waals surface area (Å²) in [4.78, 5) is 34.9. The Hall–Kier alpha value is -2.41. The predicted molar refractivity (Wildman–Crippen MR) is 74.6 cm³/mol. The zero-order valence-corrected chi connectivity index (χ0v) is 11.7. The van der Waals surface area contributed by atoms with Crippen LogP contribution in [0.3, 0.4) is 0 Å². The van der Waals surface area contributed by atoms with E-state index >= 15 is 0 Å². The van der Waals surface area contributed by atoms with Gasteiger partial charge in [-0.05, 0) is 18.2 Å². The van der Waals surface area contributed by atoms with E-state index in [1.54, 1.807) is 18.2 Å². The topological polar surface area (TPSA) is 101 Å². The molecule has 4 N–H and O–H groups in total. The number of rotatable bonds is 4. The number of carbonyl (C=O) groups is 3. The quantitative estimate of drug-likeness (QED) is 0.611. The van der Waals surface area contributed by atoms with Crippen LogP contribution in [0.4, 0.5) is 5.69 Å². The van der Waals surface area contributed by atoms with E-state index in [-0.39, 0.29) is 18.2 Å². The fourth-order valence-electron chi connectivity index (χ4n) is 2.15. The Bertz CT molecular complexity index is 559. The van der Waals surface area contributed by atoms with Crippen molar-refractivity contribution in [3.8, 4) is 0 Å². The van der Waals surface area contributed by atoms with Crippen molar-refractivity contribution in [1.82, 2.24) is 5.32 Å². The normalized spacial score (nSPS) is 17.8. The largest absolute Gasteiger partial charge is 0.465 e. The Morgan fingerprint density at radius 1 is 1.48 bits per heavy atom. The summed E-state index contributed by atoms with van der Waals surface area (Å²) in [5, 5.41) is 7.25. The number of benzene rings is 1. The molecule has 1 atom stereocenters. The third-order valence-corrected chi connectivity index (χ3v) is 3.20. The second-order valence-electron chi connectivity index (χ2n) is 4.75. The van der Waals surface area contributed by atoms with Crippen LogP contribution in [0.1, 0.15) is 16.8 Å². The molecule has 1 saturated heterocycles. The summed E-state index contributed by atoms with van der Waals surface area (Å²) in [6.07, 6.45) is 0.0916. The van der Waals surface area contributed by atoms with E-state index < -0.39 is 12.0 Å². The van der Waals surface area contributed by atoms with Gasteiger partial charge in [0.15, 0.2) is 6.04 Å². The van der Waals surface area contributed by atoms with Gasteiger partial charge in [-0.1, -0.05) is 6.07 Å². The maximum Gasteiger partial charge on any atom is 0.337 e. The highest BCUT2D eigenvalue weighted by Gasteiger charge is 2.27. The maximum absolute atomic E-state index is 11.9. The summed E-state index contributed by atoms with van der Waals surface area (Å²) >= 11 is 0. The van der Waals surface area contributed by atoms with E-state index in [9.17, 15) is 14.4 Å². The third kappa shape index (κ3) is 4.03. The first-order valence-corrected chi connectivity index (χ1v) is 6.69. The number of hydrogen-bond acceptors (Lipinski definition) is 4. The molecule has 1 fully saturated rings. The van der Waals surface area contributed by atoms with Crippen LogP contribution in [0.5, 0.6) is 0 Å². The Kier molecular flexibility index (Phi) is 4.89. The van der Waals surface area contributed by atoms with Gasteiger partial charge in [-0.2, -0.15) is 0 Å². The first-order valence-electron chi connectivity index (χ1n) is 6.69. The highest BCUT2D eigenvalue weighted by Crippen LogP contribution is 2.12. The molecule has 1 aromatic carbocycles. The third-order valence-electron chi connectivity index (χ3n) is 3.20. The predicted octanol–water partition coefficient (Wildman–Crippen LogP) is -1.14. The average Bonchev–Trinajstić information content (AvgIpc) is 2.49. The van der Waals surface area contributed by atoms with Crippen LogP contribution in [0.2, 0.25) is 0 Å². The lowest BCUT2D eigenvalue weighted by Gasteiger charge is -2.19. The number of anilines is 1. The summed E-state index contributed by atoms with van der Waals surface area (Å²) in [6.45, 7) is 1.39. The fraction of sp³-hybridized carbons (Fsp3) is 0.357. The molecule has 112 valence electrons. The molecule has 0 aliphatic carbocycles. The van der Waals surface area contributed by atoms with Gasteiger partial charge in [0, 0.05) is 5.69 Å². The first kappa shape index (κ1) is 15.0. The molecule has 2 amide bonds. The Balaban J connectivity index is 1.96. The molecular weight excluding hydrogens is 274 g/mol. The van der Waals surface area contributed by atoms with Crippen molar-refractivity contribution in [3.63, 3.8) is 0 Å². The number of quaternary nitrogens is 1. The van der Waals surface area contributed by atoms with Crippen molar-refractivity contribution in [1.29, 1.82) is 0 Å². The van der Waals surface area contributed by atoms with Gasteiger partial charge >= 0.3 is 5.97 Å². The number of ether oxygens (including phenoxy) is 1. The number of esters is 1. The Labute approximate surface area is 122 Å². The molecule has 21 heavy (non-hydrogen) atoms. The molecule has 0 saturated carbocycles. The van der Waals surface area contributed by atoms with Gasteiger partial charge < -0.3 is 20.7 Å². The molecule has 1 aliphatic rings. The van der Waals surface area contributed by atoms with Crippen LogP contribution in [0.25, 0.3) is 0 Å². The lowest BCUT2D eigenvalue weighted by molar-refractivity contribution is -0.678. The molecule has 0 unspecified atom stereocenters. The molecule has 0 bridgehead atoms. The van der Waals surface area contributed by atoms with Crippen molar-refractivity contribution in [2.24, 2.45) is 0 Å². The summed E-state index contributed by atoms with van der Waals surface area (Å²) in [6, 6.07) is 6.07. The van der Waals surface area contributed by atoms with Crippen molar-refractivity contribution >= 4 is 23.5 Å². The summed E-state index contributed by atoms with van der Waals surface area (Å²) in [5.41, 5.74) is 0.858. The Morgan fingerprint density at radius 2 is 2.29 bits per heavy atom. The first-order chi connectivity index (χ1) is 10.1. The highest BCUT2D eigenvalue weighted by atomic mass is 16.5. The van der Waals surface area contributed by atoms with Crippen LogP contribution in [0.15, 0.2) is 24.3 Å². The zero-order valence-electron chi connectivity index (χ0n) is 11.7. The molecule has 1 heterocycles. The SMILES string of the molecule is COC(=O)c1cccc(NC(=O)C[C@H]2[NH2+]CCNC2=O)c1. The molecule has 0 spiro atoms. The molecule has 0 radical (unpaired) electrons. The number of carbonyl (C=O) groups excluding carboxylic acids is 3. The van der Waals surface area contributed by atoms with Crippen LogP contribution < -0.4 is 16.0 Å². The second-order valence-corrected chi connectivity index (χ2v) is 4.75. The molecule has 1 aromatic rings. The minimum atomic E-state index is -0.467. The number of hydrogen-bond donors (Lipinski definition) is 3. The molecule has 2 rings (SSSR count). The van der Waals surface area contributed by atoms with Crippen molar-refractivity contribution in [3.05, 3.63) is 29.8 Å². The lowest BCUT2D eigenvalue weighted by atomic mass is 10.1. The van der Waals surface area contributed by atoms with Crippen LogP contribution in [0, 0.1) is 0 Å². The van der Waals surface area contributed by atoms with Crippen molar-refractivity contribution < 1.29 is 24.4 Å². The van der Waals surface area contributed by atoms with Gasteiger partial charge in [0.25, 0.3) is 5.91 Å². The standard InChI is InChI=1S/C14H17N3O4/c1-21-14(20)9-3-2-4-10(7-9)17-12(18)8-11-13(19)16-6-5-15-11/h2-4,7,11,15H,5-6,8H2,1H3,(H,16,19)(H,17,18)/p+1/t11-/m1/s1. The number of nitrogens with two attached hydrogens (primary N) is 1. The van der Waals surface area contributed by atoms with Crippen molar-refractivity contribution in [2.45, 2.75) is 12.5 Å². The van der Waals surface area contributed by atoms with Gasteiger partial charge in [-0.25, -0.2) is 4.79 Å². The number of nitrogens with one attached hydrogen (secondary N) is 2. The van der Waals surface area contributed by atoms with Gasteiger partial charge in [0.1, 0.15) is 0 Å². The summed E-state index contributed by atoms with van der Waals surface area (Å²) < 4.78 is 4.62. The van der Waals surface area contributed by atoms with Gasteiger partial charge in [0.05, 0.1) is 32.2 Å². The van der Waals surface area contributed by atoms with E-state index in [0.29, 0.717) is 17.8 Å². The summed E-state index contributed by atoms with van der Waals surface area (Å²) in [5.74, 6) is -0.860. The molecular formula is C14H18N3O4+. The molecule has 1 aliphatic heterocycles. The number of methoxy groups -OCH3 is 1. The smallest absolute Gasteiger partial charge is 0.337 e. The van der Waals surface area contributed by atoms with Crippen LogP contribution in [-0.4, -0.2) is 44.0 Å². The average molecular weight is 292 g/mol. The van der Waals surface area contributed by atoms with E-state index in [1.807, 2.05) is 5.32 Å². The van der Waals surface area contributed by atoms with Crippen LogP contribution in [-0.2, 0) is 14.3 Å². The lowest BCUT2D eigenvalue weighted by Crippen LogP contribution is -2.96. The van der Waals surface area contributed by atoms with Gasteiger partial charge in [-0.15, -0.1) is 0 Å². The van der Waals surface area contributed by atoms with Gasteiger partial charge in [0.2, 0.25) is 5.91 Å². The fourth-order valence-corrected chi connectivity index (χ4v) is 2.15. The molecule has 7 heteroatoms. The van der Waals surface area contributed by atoms with E-state index in [4.69, 9.17) is 0 Å². The highest BCUT2D eigenvalue weighted by molar-refractivity contribution is 5.96. The zero-order chi connectivity index (χ0) is 15.2. The Morgan fingerprint density at radius 3 is 3.00 bits per heavy atom. The second kappa shape index (κ2) is 6.85. The maximum atomic E-state index is 11.9. The van der Waals surface area contributed by atoms with Crippen molar-refractivity contribution in [2.75, 3.05) is 25.5 Å². The number of amides is 2.